The van der Waals surface area contributed by atoms with Gasteiger partial charge < -0.3 is 15.4 Å². The monoisotopic (exact) mass is 234 g/mol. The highest BCUT2D eigenvalue weighted by Gasteiger charge is 2.18. The predicted octanol–water partition coefficient (Wildman–Crippen LogP) is 3.05. The first-order valence-electron chi connectivity index (χ1n) is 6.42. The van der Waals surface area contributed by atoms with Crippen molar-refractivity contribution >= 4 is 11.4 Å². The Morgan fingerprint density at radius 1 is 1.24 bits per heavy atom. The predicted molar refractivity (Wildman–Crippen MR) is 72.7 cm³/mol. The topological polar surface area (TPSA) is 38.5 Å². The molecule has 0 saturated carbocycles. The minimum Gasteiger partial charge on any atom is -0.497 e. The summed E-state index contributed by atoms with van der Waals surface area (Å²) in [5, 5.41) is 0. The van der Waals surface area contributed by atoms with Gasteiger partial charge in [-0.3, -0.25) is 0 Å². The van der Waals surface area contributed by atoms with E-state index in [1.165, 1.54) is 31.4 Å². The highest BCUT2D eigenvalue weighted by Crippen LogP contribution is 2.29. The van der Waals surface area contributed by atoms with Crippen molar-refractivity contribution in [1.29, 1.82) is 0 Å². The number of nitrogens with two attached hydrogens (primary N) is 1. The number of anilines is 2. The number of ether oxygens (including phenoxy) is 1. The maximum atomic E-state index is 5.92. The van der Waals surface area contributed by atoms with Gasteiger partial charge in [-0.15, -0.1) is 0 Å². The van der Waals surface area contributed by atoms with E-state index in [0.29, 0.717) is 6.04 Å². The summed E-state index contributed by atoms with van der Waals surface area (Å²) >= 11 is 0. The first-order chi connectivity index (χ1) is 8.20. The highest BCUT2D eigenvalue weighted by atomic mass is 16.5. The zero-order valence-electron chi connectivity index (χ0n) is 10.8. The van der Waals surface area contributed by atoms with E-state index in [-0.39, 0.29) is 0 Å². The molecule has 1 aliphatic heterocycles. The zero-order chi connectivity index (χ0) is 12.3. The Morgan fingerprint density at radius 2 is 2.06 bits per heavy atom. The van der Waals surface area contributed by atoms with Crippen molar-refractivity contribution in [3.63, 3.8) is 0 Å². The molecular weight excluding hydrogens is 212 g/mol. The lowest BCUT2D eigenvalue weighted by Crippen LogP contribution is -2.32. The number of nitrogens with zero attached hydrogens (tertiary/aromatic N) is 1. The van der Waals surface area contributed by atoms with Crippen LogP contribution in [0.5, 0.6) is 5.75 Å². The van der Waals surface area contributed by atoms with Crippen LogP contribution in [0.3, 0.4) is 0 Å². The molecule has 1 saturated heterocycles. The van der Waals surface area contributed by atoms with Gasteiger partial charge >= 0.3 is 0 Å². The normalized spacial score (nSPS) is 21.1. The Morgan fingerprint density at radius 3 is 2.82 bits per heavy atom. The van der Waals surface area contributed by atoms with Gasteiger partial charge in [-0.2, -0.15) is 0 Å². The standard InChI is InChI=1S/C14H22N2O/c1-11-6-4-3-5-7-16(11)13-8-12(15)9-14(10-13)17-2/h8-11H,3-7,15H2,1-2H3. The van der Waals surface area contributed by atoms with E-state index >= 15 is 0 Å². The Kier molecular flexibility index (Phi) is 3.77. The second-order valence-corrected chi connectivity index (χ2v) is 4.86. The molecule has 1 aromatic carbocycles. The van der Waals surface area contributed by atoms with E-state index in [4.69, 9.17) is 10.5 Å². The van der Waals surface area contributed by atoms with Crippen molar-refractivity contribution < 1.29 is 4.74 Å². The molecule has 1 aromatic rings. The van der Waals surface area contributed by atoms with Crippen molar-refractivity contribution in [3.8, 4) is 5.75 Å². The summed E-state index contributed by atoms with van der Waals surface area (Å²) in [5.41, 5.74) is 7.88. The van der Waals surface area contributed by atoms with Crippen molar-refractivity contribution in [2.24, 2.45) is 0 Å². The summed E-state index contributed by atoms with van der Waals surface area (Å²) in [6.45, 7) is 3.41. The smallest absolute Gasteiger partial charge is 0.122 e. The van der Waals surface area contributed by atoms with Crippen molar-refractivity contribution in [3.05, 3.63) is 18.2 Å². The Labute approximate surface area is 104 Å². The quantitative estimate of drug-likeness (QED) is 0.799. The Hall–Kier alpha value is -1.38. The molecule has 1 atom stereocenters. The fourth-order valence-corrected chi connectivity index (χ4v) is 2.55. The number of rotatable bonds is 2. The van der Waals surface area contributed by atoms with Crippen molar-refractivity contribution in [2.45, 2.75) is 38.6 Å². The summed E-state index contributed by atoms with van der Waals surface area (Å²) in [5.74, 6) is 0.844. The van der Waals surface area contributed by atoms with E-state index in [1.54, 1.807) is 7.11 Å². The summed E-state index contributed by atoms with van der Waals surface area (Å²) in [4.78, 5) is 2.45. The molecule has 1 unspecified atom stereocenters. The van der Waals surface area contributed by atoms with E-state index in [2.05, 4.69) is 17.9 Å². The van der Waals surface area contributed by atoms with Crippen LogP contribution >= 0.6 is 0 Å². The van der Waals surface area contributed by atoms with Gasteiger partial charge in [0.05, 0.1) is 7.11 Å². The summed E-state index contributed by atoms with van der Waals surface area (Å²) in [6, 6.07) is 6.58. The third-order valence-electron chi connectivity index (χ3n) is 3.53. The minimum atomic E-state index is 0.587. The first kappa shape index (κ1) is 12.1. The largest absolute Gasteiger partial charge is 0.497 e. The molecule has 0 aliphatic carbocycles. The lowest BCUT2D eigenvalue weighted by atomic mass is 10.1. The molecule has 0 spiro atoms. The summed E-state index contributed by atoms with van der Waals surface area (Å²) in [7, 11) is 1.68. The summed E-state index contributed by atoms with van der Waals surface area (Å²) in [6.07, 6.45) is 5.19. The Bertz CT molecular complexity index is 378. The fraction of sp³-hybridized carbons (Fsp3) is 0.571. The summed E-state index contributed by atoms with van der Waals surface area (Å²) < 4.78 is 5.29. The van der Waals surface area contributed by atoms with E-state index in [0.717, 1.165) is 18.0 Å². The van der Waals surface area contributed by atoms with E-state index < -0.39 is 0 Å². The third kappa shape index (κ3) is 2.84. The molecule has 1 aliphatic rings. The van der Waals surface area contributed by atoms with Gasteiger partial charge in [0.15, 0.2) is 0 Å². The van der Waals surface area contributed by atoms with Crippen LogP contribution in [0.25, 0.3) is 0 Å². The van der Waals surface area contributed by atoms with Crippen molar-refractivity contribution in [2.75, 3.05) is 24.3 Å². The van der Waals surface area contributed by atoms with E-state index in [1.807, 2.05) is 12.1 Å². The molecule has 17 heavy (non-hydrogen) atoms. The molecule has 94 valence electrons. The number of hydrogen-bond donors (Lipinski definition) is 1. The van der Waals surface area contributed by atoms with E-state index in [9.17, 15) is 0 Å². The third-order valence-corrected chi connectivity index (χ3v) is 3.53. The maximum Gasteiger partial charge on any atom is 0.122 e. The van der Waals surface area contributed by atoms with Crippen LogP contribution < -0.4 is 15.4 Å². The number of hydrogen-bond acceptors (Lipinski definition) is 3. The van der Waals surface area contributed by atoms with Crippen LogP contribution in [0.2, 0.25) is 0 Å². The second kappa shape index (κ2) is 5.30. The highest BCUT2D eigenvalue weighted by molar-refractivity contribution is 5.61. The SMILES string of the molecule is COc1cc(N)cc(N2CCCCCC2C)c1. The number of benzene rings is 1. The van der Waals surface area contributed by atoms with Gasteiger partial charge in [-0.1, -0.05) is 12.8 Å². The molecule has 3 heteroatoms. The number of nitrogen functional groups attached to an aromatic ring is 1. The van der Waals surface area contributed by atoms with Gasteiger partial charge in [-0.05, 0) is 25.8 Å². The lowest BCUT2D eigenvalue weighted by Gasteiger charge is -2.30. The molecule has 2 N–H and O–H groups in total. The van der Waals surface area contributed by atoms with Crippen LogP contribution in [0.4, 0.5) is 11.4 Å². The average molecular weight is 234 g/mol. The molecule has 0 bridgehead atoms. The van der Waals surface area contributed by atoms with Gasteiger partial charge in [0.25, 0.3) is 0 Å². The molecule has 1 fully saturated rings. The van der Waals surface area contributed by atoms with Crippen LogP contribution in [0.1, 0.15) is 32.6 Å². The van der Waals surface area contributed by atoms with Gasteiger partial charge in [-0.25, -0.2) is 0 Å². The minimum absolute atomic E-state index is 0.587. The van der Waals surface area contributed by atoms with Crippen LogP contribution in [-0.2, 0) is 0 Å². The number of methoxy groups -OCH3 is 1. The fourth-order valence-electron chi connectivity index (χ4n) is 2.55. The van der Waals surface area contributed by atoms with Crippen LogP contribution in [0, 0.1) is 0 Å². The maximum absolute atomic E-state index is 5.92. The molecule has 1 heterocycles. The first-order valence-corrected chi connectivity index (χ1v) is 6.42. The Balaban J connectivity index is 2.27. The average Bonchev–Trinajstić information content (AvgIpc) is 2.53. The zero-order valence-corrected chi connectivity index (χ0v) is 10.8. The molecular formula is C14H22N2O. The van der Waals surface area contributed by atoms with Gasteiger partial charge in [0.2, 0.25) is 0 Å². The van der Waals surface area contributed by atoms with Crippen LogP contribution in [-0.4, -0.2) is 19.7 Å². The van der Waals surface area contributed by atoms with Gasteiger partial charge in [0, 0.05) is 36.1 Å². The van der Waals surface area contributed by atoms with Crippen molar-refractivity contribution in [1.82, 2.24) is 0 Å². The molecule has 0 radical (unpaired) electrons. The van der Waals surface area contributed by atoms with Gasteiger partial charge in [0.1, 0.15) is 5.75 Å². The molecule has 3 nitrogen and oxygen atoms in total. The molecule has 0 amide bonds. The lowest BCUT2D eigenvalue weighted by molar-refractivity contribution is 0.415. The molecule has 2 rings (SSSR count). The second-order valence-electron chi connectivity index (χ2n) is 4.86. The van der Waals surface area contributed by atoms with Crippen LogP contribution in [0.15, 0.2) is 18.2 Å². The molecule has 0 aromatic heterocycles.